The van der Waals surface area contributed by atoms with E-state index in [1.807, 2.05) is 6.92 Å². The molecule has 0 saturated carbocycles. The quantitative estimate of drug-likeness (QED) is 0.165. The standard InChI is InChI=1S/C20H32O8S/c1-4-12-26-13-6-7-19(22)28-18(5-2)20(23)17(21)14-27-29(24,25)16-10-8-15(3)9-11-16/h4,8-11,17-23H,1,5-7,12-14H2,2-3H3/t17-,18-,19?,20-/m1/s1. The number of rotatable bonds is 15. The van der Waals surface area contributed by atoms with E-state index in [9.17, 15) is 23.7 Å². The smallest absolute Gasteiger partial charge is 0.297 e. The molecule has 1 aromatic carbocycles. The number of hydrogen-bond acceptors (Lipinski definition) is 8. The van der Waals surface area contributed by atoms with E-state index in [1.54, 1.807) is 25.1 Å². The van der Waals surface area contributed by atoms with Gasteiger partial charge in [-0.1, -0.05) is 30.7 Å². The van der Waals surface area contributed by atoms with E-state index in [-0.39, 0.29) is 11.3 Å². The van der Waals surface area contributed by atoms with Crippen LogP contribution in [0.5, 0.6) is 0 Å². The van der Waals surface area contributed by atoms with Crippen LogP contribution in [0.3, 0.4) is 0 Å². The Kier molecular flexibility index (Phi) is 11.6. The maximum atomic E-state index is 12.2. The molecule has 0 aliphatic heterocycles. The summed E-state index contributed by atoms with van der Waals surface area (Å²) in [6, 6.07) is 6.07. The van der Waals surface area contributed by atoms with Crippen molar-refractivity contribution in [1.82, 2.24) is 0 Å². The molecule has 0 amide bonds. The summed E-state index contributed by atoms with van der Waals surface area (Å²) in [5.41, 5.74) is 0.896. The van der Waals surface area contributed by atoms with Gasteiger partial charge in [0.15, 0.2) is 6.29 Å². The van der Waals surface area contributed by atoms with E-state index >= 15 is 0 Å². The first-order valence-electron chi connectivity index (χ1n) is 9.55. The number of aliphatic hydroxyl groups is 3. The van der Waals surface area contributed by atoms with Crippen LogP contribution >= 0.6 is 0 Å². The average Bonchev–Trinajstić information content (AvgIpc) is 2.70. The van der Waals surface area contributed by atoms with Gasteiger partial charge in [-0.25, -0.2) is 0 Å². The van der Waals surface area contributed by atoms with Crippen molar-refractivity contribution in [3.8, 4) is 0 Å². The summed E-state index contributed by atoms with van der Waals surface area (Å²) >= 11 is 0. The molecule has 0 aromatic heterocycles. The van der Waals surface area contributed by atoms with Crippen LogP contribution in [0.25, 0.3) is 0 Å². The lowest BCUT2D eigenvalue weighted by Crippen LogP contribution is -2.43. The second-order valence-corrected chi connectivity index (χ2v) is 8.27. The average molecular weight is 433 g/mol. The minimum atomic E-state index is -4.06. The van der Waals surface area contributed by atoms with Crippen LogP contribution in [0.1, 0.15) is 31.7 Å². The molecule has 0 radical (unpaired) electrons. The Hall–Kier alpha value is -1.33. The highest BCUT2D eigenvalue weighted by Gasteiger charge is 2.29. The molecule has 166 valence electrons. The Labute approximate surface area is 172 Å². The molecule has 1 unspecified atom stereocenters. The van der Waals surface area contributed by atoms with Gasteiger partial charge in [0.05, 0.1) is 24.2 Å². The van der Waals surface area contributed by atoms with Crippen molar-refractivity contribution in [1.29, 1.82) is 0 Å². The van der Waals surface area contributed by atoms with Crippen molar-refractivity contribution in [2.45, 2.75) is 62.6 Å². The molecule has 1 aromatic rings. The van der Waals surface area contributed by atoms with Gasteiger partial charge in [-0.15, -0.1) is 6.58 Å². The fourth-order valence-electron chi connectivity index (χ4n) is 2.49. The van der Waals surface area contributed by atoms with E-state index in [0.29, 0.717) is 26.1 Å². The number of benzene rings is 1. The first-order valence-corrected chi connectivity index (χ1v) is 11.0. The third kappa shape index (κ3) is 9.35. The zero-order chi connectivity index (χ0) is 21.9. The van der Waals surface area contributed by atoms with Crippen LogP contribution in [0.4, 0.5) is 0 Å². The maximum absolute atomic E-state index is 12.2. The molecule has 3 N–H and O–H groups in total. The summed E-state index contributed by atoms with van der Waals surface area (Å²) in [5, 5.41) is 30.4. The first kappa shape index (κ1) is 25.7. The normalized spacial score (nSPS) is 16.2. The number of ether oxygens (including phenoxy) is 2. The molecule has 29 heavy (non-hydrogen) atoms. The maximum Gasteiger partial charge on any atom is 0.297 e. The molecule has 0 fully saturated rings. The van der Waals surface area contributed by atoms with Crippen molar-refractivity contribution in [3.63, 3.8) is 0 Å². The summed E-state index contributed by atoms with van der Waals surface area (Å²) in [4.78, 5) is -0.0397. The van der Waals surface area contributed by atoms with E-state index in [2.05, 4.69) is 6.58 Å². The van der Waals surface area contributed by atoms with Crippen LogP contribution in [-0.2, 0) is 23.8 Å². The summed E-state index contributed by atoms with van der Waals surface area (Å²) < 4.78 is 39.8. The minimum absolute atomic E-state index is 0.0397. The van der Waals surface area contributed by atoms with E-state index < -0.39 is 41.3 Å². The largest absolute Gasteiger partial charge is 0.388 e. The molecule has 1 rings (SSSR count). The van der Waals surface area contributed by atoms with Gasteiger partial charge in [-0.2, -0.15) is 8.42 Å². The van der Waals surface area contributed by atoms with E-state index in [1.165, 1.54) is 12.1 Å². The van der Waals surface area contributed by atoms with Gasteiger partial charge in [-0.3, -0.25) is 4.18 Å². The van der Waals surface area contributed by atoms with E-state index in [0.717, 1.165) is 5.56 Å². The van der Waals surface area contributed by atoms with Crippen molar-refractivity contribution in [2.24, 2.45) is 0 Å². The van der Waals surface area contributed by atoms with Gasteiger partial charge < -0.3 is 24.8 Å². The molecule has 9 heteroatoms. The van der Waals surface area contributed by atoms with Crippen LogP contribution in [-0.4, -0.2) is 68.2 Å². The Bertz CT molecular complexity index is 689. The van der Waals surface area contributed by atoms with Gasteiger partial charge in [-0.05, 0) is 31.9 Å². The molecular formula is C20H32O8S. The topological polar surface area (TPSA) is 123 Å². The molecule has 0 spiro atoms. The Morgan fingerprint density at radius 3 is 2.41 bits per heavy atom. The second kappa shape index (κ2) is 13.1. The molecular weight excluding hydrogens is 400 g/mol. The van der Waals surface area contributed by atoms with Crippen molar-refractivity contribution >= 4 is 10.1 Å². The van der Waals surface area contributed by atoms with Crippen molar-refractivity contribution in [3.05, 3.63) is 42.5 Å². The zero-order valence-electron chi connectivity index (χ0n) is 16.9. The lowest BCUT2D eigenvalue weighted by molar-refractivity contribution is -0.186. The van der Waals surface area contributed by atoms with Gasteiger partial charge in [0.2, 0.25) is 0 Å². The Morgan fingerprint density at radius 2 is 1.83 bits per heavy atom. The molecule has 0 bridgehead atoms. The van der Waals surface area contributed by atoms with Gasteiger partial charge in [0.25, 0.3) is 10.1 Å². The predicted molar refractivity (Wildman–Crippen MR) is 108 cm³/mol. The van der Waals surface area contributed by atoms with Gasteiger partial charge >= 0.3 is 0 Å². The fraction of sp³-hybridized carbons (Fsp3) is 0.600. The molecule has 0 heterocycles. The molecule has 0 saturated heterocycles. The zero-order valence-corrected chi connectivity index (χ0v) is 17.8. The molecule has 4 atom stereocenters. The van der Waals surface area contributed by atoms with Crippen molar-refractivity contribution < 1.29 is 37.4 Å². The van der Waals surface area contributed by atoms with Crippen LogP contribution in [0.15, 0.2) is 41.8 Å². The number of aryl methyl sites for hydroxylation is 1. The summed E-state index contributed by atoms with van der Waals surface area (Å²) in [6.07, 6.45) is -2.22. The van der Waals surface area contributed by atoms with Gasteiger partial charge in [0.1, 0.15) is 12.2 Å². The van der Waals surface area contributed by atoms with Crippen molar-refractivity contribution in [2.75, 3.05) is 19.8 Å². The Morgan fingerprint density at radius 1 is 1.17 bits per heavy atom. The number of aliphatic hydroxyl groups excluding tert-OH is 3. The molecule has 8 nitrogen and oxygen atoms in total. The van der Waals surface area contributed by atoms with E-state index in [4.69, 9.17) is 13.7 Å². The fourth-order valence-corrected chi connectivity index (χ4v) is 3.42. The highest BCUT2D eigenvalue weighted by atomic mass is 32.2. The summed E-state index contributed by atoms with van der Waals surface area (Å²) in [6.45, 7) is 7.28. The lowest BCUT2D eigenvalue weighted by Gasteiger charge is -2.28. The second-order valence-electron chi connectivity index (χ2n) is 6.65. The predicted octanol–water partition coefficient (Wildman–Crippen LogP) is 1.52. The third-order valence-electron chi connectivity index (χ3n) is 4.19. The van der Waals surface area contributed by atoms with Gasteiger partial charge in [0, 0.05) is 13.0 Å². The summed E-state index contributed by atoms with van der Waals surface area (Å²) in [5.74, 6) is 0. The molecule has 0 aliphatic carbocycles. The van der Waals surface area contributed by atoms with Crippen LogP contribution in [0, 0.1) is 6.92 Å². The monoisotopic (exact) mass is 432 g/mol. The minimum Gasteiger partial charge on any atom is -0.388 e. The molecule has 0 aliphatic rings. The number of hydrogen-bond donors (Lipinski definition) is 3. The first-order chi connectivity index (χ1) is 13.7. The Balaban J connectivity index is 2.51. The third-order valence-corrected chi connectivity index (χ3v) is 5.48. The lowest BCUT2D eigenvalue weighted by atomic mass is 10.1. The highest BCUT2D eigenvalue weighted by Crippen LogP contribution is 2.17. The van der Waals surface area contributed by atoms with Crippen LogP contribution in [0.2, 0.25) is 0 Å². The SMILES string of the molecule is C=CCOCCCC(O)O[C@H](CC)[C@H](O)[C@H](O)COS(=O)(=O)c1ccc(C)cc1. The van der Waals surface area contributed by atoms with Crippen LogP contribution < -0.4 is 0 Å². The summed E-state index contributed by atoms with van der Waals surface area (Å²) in [7, 11) is -4.06. The highest BCUT2D eigenvalue weighted by molar-refractivity contribution is 7.86.